The maximum atomic E-state index is 10.6. The molecule has 0 saturated heterocycles. The van der Waals surface area contributed by atoms with Gasteiger partial charge in [-0.15, -0.1) is 0 Å². The number of rotatable bonds is 7. The molecule has 0 aliphatic heterocycles. The molecule has 0 fully saturated rings. The Kier molecular flexibility index (Phi) is 7.21. The van der Waals surface area contributed by atoms with E-state index in [1.54, 1.807) is 25.6 Å². The fourth-order valence-electron chi connectivity index (χ4n) is 0.940. The number of nitrogens with one attached hydrogen (secondary N) is 2. The second-order valence-electron chi connectivity index (χ2n) is 3.61. The number of carboxylic acid groups (broad SMARTS) is 1. The number of aliphatic carboxylic acids is 1. The molecule has 15 heavy (non-hydrogen) atoms. The van der Waals surface area contributed by atoms with Gasteiger partial charge in [-0.25, -0.2) is 0 Å². The van der Waals surface area contributed by atoms with E-state index in [0.717, 1.165) is 13.0 Å². The van der Waals surface area contributed by atoms with Crippen LogP contribution < -0.4 is 5.32 Å². The fourth-order valence-corrected chi connectivity index (χ4v) is 2.08. The minimum atomic E-state index is -0.742. The number of carboxylic acids is 1. The van der Waals surface area contributed by atoms with Gasteiger partial charge in [0.2, 0.25) is 0 Å². The largest absolute Gasteiger partial charge is 0.481 e. The normalized spacial score (nSPS) is 14.3. The first-order valence-corrected chi connectivity index (χ1v) is 6.15. The van der Waals surface area contributed by atoms with Gasteiger partial charge in [0, 0.05) is 17.5 Å². The third-order valence-electron chi connectivity index (χ3n) is 2.05. The number of hydrogen-bond acceptors (Lipinski definition) is 3. The van der Waals surface area contributed by atoms with Crippen molar-refractivity contribution in [2.75, 3.05) is 12.3 Å². The van der Waals surface area contributed by atoms with Crippen LogP contribution in [0.1, 0.15) is 27.2 Å². The second-order valence-corrected chi connectivity index (χ2v) is 4.94. The maximum absolute atomic E-state index is 10.6. The van der Waals surface area contributed by atoms with Gasteiger partial charge in [-0.3, -0.25) is 10.2 Å². The Bertz CT molecular complexity index is 221. The lowest BCUT2D eigenvalue weighted by Crippen LogP contribution is -2.28. The number of amidine groups is 1. The van der Waals surface area contributed by atoms with Crippen molar-refractivity contribution in [3.8, 4) is 0 Å². The summed E-state index contributed by atoms with van der Waals surface area (Å²) in [5.74, 6) is 0.0473. The fraction of sp³-hybridized carbons (Fsp3) is 0.800. The summed E-state index contributed by atoms with van der Waals surface area (Å²) in [6.45, 7) is 6.24. The Morgan fingerprint density at radius 3 is 2.60 bits per heavy atom. The molecule has 0 saturated carbocycles. The average molecular weight is 232 g/mol. The van der Waals surface area contributed by atoms with Crippen molar-refractivity contribution >= 4 is 23.6 Å². The summed E-state index contributed by atoms with van der Waals surface area (Å²) in [4.78, 5) is 10.6. The third-order valence-corrected chi connectivity index (χ3v) is 3.72. The molecular weight excluding hydrogens is 212 g/mol. The van der Waals surface area contributed by atoms with Gasteiger partial charge in [0.1, 0.15) is 0 Å². The van der Waals surface area contributed by atoms with Crippen LogP contribution in [-0.4, -0.2) is 34.5 Å². The Morgan fingerprint density at radius 2 is 2.20 bits per heavy atom. The molecule has 0 rings (SSSR count). The first kappa shape index (κ1) is 14.3. The van der Waals surface area contributed by atoms with Gasteiger partial charge in [-0.2, -0.15) is 11.8 Å². The van der Waals surface area contributed by atoms with E-state index in [4.69, 9.17) is 10.5 Å². The van der Waals surface area contributed by atoms with Crippen LogP contribution in [0.5, 0.6) is 0 Å². The molecule has 3 N–H and O–H groups in total. The summed E-state index contributed by atoms with van der Waals surface area (Å²) < 4.78 is 0. The van der Waals surface area contributed by atoms with Crippen LogP contribution in [0.4, 0.5) is 0 Å². The molecule has 5 heteroatoms. The number of carbonyl (C=O) groups is 1. The molecule has 2 atom stereocenters. The Balaban J connectivity index is 3.79. The van der Waals surface area contributed by atoms with E-state index in [-0.39, 0.29) is 5.92 Å². The molecule has 0 amide bonds. The second kappa shape index (κ2) is 7.56. The highest BCUT2D eigenvalue weighted by Crippen LogP contribution is 2.17. The molecule has 0 aromatic carbocycles. The zero-order chi connectivity index (χ0) is 11.8. The highest BCUT2D eigenvalue weighted by Gasteiger charge is 2.14. The summed E-state index contributed by atoms with van der Waals surface area (Å²) in [6, 6.07) is 0. The maximum Gasteiger partial charge on any atom is 0.307 e. The molecule has 0 aliphatic rings. The molecule has 0 aromatic heterocycles. The van der Waals surface area contributed by atoms with Crippen LogP contribution in [0.15, 0.2) is 0 Å². The number of hydrogen-bond donors (Lipinski definition) is 3. The van der Waals surface area contributed by atoms with Gasteiger partial charge < -0.3 is 10.4 Å². The van der Waals surface area contributed by atoms with Crippen LogP contribution in [0.25, 0.3) is 0 Å². The highest BCUT2D eigenvalue weighted by molar-refractivity contribution is 7.99. The van der Waals surface area contributed by atoms with E-state index in [2.05, 4.69) is 12.2 Å². The van der Waals surface area contributed by atoms with Crippen molar-refractivity contribution in [3.05, 3.63) is 0 Å². The van der Waals surface area contributed by atoms with Gasteiger partial charge in [0.05, 0.1) is 11.8 Å². The summed E-state index contributed by atoms with van der Waals surface area (Å²) in [5.41, 5.74) is 0. The van der Waals surface area contributed by atoms with Crippen molar-refractivity contribution in [1.29, 1.82) is 5.41 Å². The van der Waals surface area contributed by atoms with Gasteiger partial charge >= 0.3 is 5.97 Å². The van der Waals surface area contributed by atoms with E-state index in [1.807, 2.05) is 0 Å². The predicted octanol–water partition coefficient (Wildman–Crippen LogP) is 1.81. The Labute approximate surface area is 95.3 Å². The lowest BCUT2D eigenvalue weighted by molar-refractivity contribution is -0.140. The molecule has 0 aromatic rings. The van der Waals surface area contributed by atoms with Crippen LogP contribution in [0.3, 0.4) is 0 Å². The lowest BCUT2D eigenvalue weighted by Gasteiger charge is -2.16. The third kappa shape index (κ3) is 7.25. The highest BCUT2D eigenvalue weighted by atomic mass is 32.2. The smallest absolute Gasteiger partial charge is 0.307 e. The van der Waals surface area contributed by atoms with E-state index in [9.17, 15) is 4.79 Å². The summed E-state index contributed by atoms with van der Waals surface area (Å²) in [5, 5.41) is 19.3. The average Bonchev–Trinajstić information content (AvgIpc) is 2.17. The molecular formula is C10H20N2O2S. The first-order valence-electron chi connectivity index (χ1n) is 5.10. The zero-order valence-corrected chi connectivity index (χ0v) is 10.4. The van der Waals surface area contributed by atoms with Gasteiger partial charge in [-0.05, 0) is 13.3 Å². The first-order chi connectivity index (χ1) is 6.97. The summed E-state index contributed by atoms with van der Waals surface area (Å²) in [6.07, 6.45) is 0.983. The van der Waals surface area contributed by atoms with Gasteiger partial charge in [0.15, 0.2) is 0 Å². The molecule has 1 unspecified atom stereocenters. The zero-order valence-electron chi connectivity index (χ0n) is 9.54. The molecule has 0 radical (unpaired) electrons. The molecule has 88 valence electrons. The molecule has 0 spiro atoms. The van der Waals surface area contributed by atoms with E-state index >= 15 is 0 Å². The van der Waals surface area contributed by atoms with Crippen molar-refractivity contribution < 1.29 is 9.90 Å². The SMILES string of the molecule is CCC(CNC(C)=N)SC[C@@H](C)C(=O)O. The lowest BCUT2D eigenvalue weighted by atomic mass is 10.2. The van der Waals surface area contributed by atoms with Crippen molar-refractivity contribution in [2.24, 2.45) is 5.92 Å². The van der Waals surface area contributed by atoms with Crippen molar-refractivity contribution in [1.82, 2.24) is 5.32 Å². The summed E-state index contributed by atoms with van der Waals surface area (Å²) >= 11 is 1.66. The molecule has 4 nitrogen and oxygen atoms in total. The van der Waals surface area contributed by atoms with E-state index < -0.39 is 5.97 Å². The van der Waals surface area contributed by atoms with E-state index in [0.29, 0.717) is 16.8 Å². The van der Waals surface area contributed by atoms with Crippen molar-refractivity contribution in [3.63, 3.8) is 0 Å². The quantitative estimate of drug-likeness (QED) is 0.462. The van der Waals surface area contributed by atoms with Crippen LogP contribution in [0.2, 0.25) is 0 Å². The van der Waals surface area contributed by atoms with Crippen LogP contribution in [0, 0.1) is 11.3 Å². The minimum Gasteiger partial charge on any atom is -0.481 e. The predicted molar refractivity (Wildman–Crippen MR) is 64.7 cm³/mol. The van der Waals surface area contributed by atoms with Gasteiger partial charge in [0.25, 0.3) is 0 Å². The Morgan fingerprint density at radius 1 is 1.60 bits per heavy atom. The topological polar surface area (TPSA) is 73.2 Å². The monoisotopic (exact) mass is 232 g/mol. The minimum absolute atomic E-state index is 0.301. The molecule has 0 heterocycles. The van der Waals surface area contributed by atoms with Crippen molar-refractivity contribution in [2.45, 2.75) is 32.4 Å². The summed E-state index contributed by atoms with van der Waals surface area (Å²) in [7, 11) is 0. The number of thioether (sulfide) groups is 1. The molecule has 0 aliphatic carbocycles. The van der Waals surface area contributed by atoms with Crippen LogP contribution >= 0.6 is 11.8 Å². The Hall–Kier alpha value is -0.710. The van der Waals surface area contributed by atoms with E-state index in [1.165, 1.54) is 0 Å². The molecule has 0 bridgehead atoms. The standard InChI is InChI=1S/C10H20N2O2S/c1-4-9(5-12-8(3)11)15-6-7(2)10(13)14/h7,9H,4-6H2,1-3H3,(H2,11,12)(H,13,14)/t7-,9?/m1/s1. The van der Waals surface area contributed by atoms with Gasteiger partial charge in [-0.1, -0.05) is 13.8 Å². The van der Waals surface area contributed by atoms with Crippen LogP contribution in [-0.2, 0) is 4.79 Å².